The Morgan fingerprint density at radius 2 is 0.963 bits per heavy atom. The first kappa shape index (κ1) is 29.6. The Labute approximate surface area is 312 Å². The highest BCUT2D eigenvalue weighted by atomic mass is 16.3. The zero-order chi connectivity index (χ0) is 35.4. The van der Waals surface area contributed by atoms with E-state index in [1.807, 2.05) is 0 Å². The van der Waals surface area contributed by atoms with E-state index in [-0.39, 0.29) is 0 Å². The maximum atomic E-state index is 7.12. The molecule has 1 aliphatic rings. The number of benzene rings is 10. The lowest BCUT2D eigenvalue weighted by atomic mass is 9.67. The molecule has 0 saturated carbocycles. The van der Waals surface area contributed by atoms with Crippen LogP contribution < -0.4 is 0 Å². The Hall–Kier alpha value is -6.96. The average Bonchev–Trinajstić information content (AvgIpc) is 3.78. The summed E-state index contributed by atoms with van der Waals surface area (Å²) in [6, 6.07) is 71.5. The molecule has 0 unspecified atom stereocenters. The summed E-state index contributed by atoms with van der Waals surface area (Å²) in [6.07, 6.45) is 0. The summed E-state index contributed by atoms with van der Waals surface area (Å²) < 4.78 is 7.12. The van der Waals surface area contributed by atoms with E-state index < -0.39 is 5.41 Å². The lowest BCUT2D eigenvalue weighted by Crippen LogP contribution is -2.28. The van der Waals surface area contributed by atoms with Crippen LogP contribution in [0.4, 0.5) is 0 Å². The first-order chi connectivity index (χ1) is 26.8. The molecule has 54 heavy (non-hydrogen) atoms. The van der Waals surface area contributed by atoms with Gasteiger partial charge >= 0.3 is 0 Å². The molecule has 11 aromatic rings. The second-order valence-corrected chi connectivity index (χ2v) is 14.7. The number of fused-ring (bicyclic) bond motifs is 7. The van der Waals surface area contributed by atoms with Crippen molar-refractivity contribution in [1.82, 2.24) is 0 Å². The SMILES string of the molecule is c1ccc(-c2cc(-c3cc4c(c5oc6ccccc6c35)-c3ccccc3C4(c3ccccc3)c3ccccc3)c3ccc4cccc5ccc2c3c54)cc1. The molecule has 0 aliphatic heterocycles. The van der Waals surface area contributed by atoms with E-state index in [4.69, 9.17) is 4.42 Å². The summed E-state index contributed by atoms with van der Waals surface area (Å²) in [7, 11) is 0. The third-order valence-corrected chi connectivity index (χ3v) is 12.1. The molecule has 0 atom stereocenters. The Morgan fingerprint density at radius 1 is 0.352 bits per heavy atom. The molecule has 10 aromatic carbocycles. The molecule has 1 heterocycles. The summed E-state index contributed by atoms with van der Waals surface area (Å²) in [4.78, 5) is 0. The van der Waals surface area contributed by atoms with Gasteiger partial charge in [-0.3, -0.25) is 0 Å². The molecule has 0 radical (unpaired) electrons. The molecule has 0 saturated heterocycles. The van der Waals surface area contributed by atoms with Crippen molar-refractivity contribution in [3.63, 3.8) is 0 Å². The summed E-state index contributed by atoms with van der Waals surface area (Å²) in [5.74, 6) is 0. The molecule has 0 spiro atoms. The molecule has 250 valence electrons. The fourth-order valence-electron chi connectivity index (χ4n) is 9.92. The second-order valence-electron chi connectivity index (χ2n) is 14.7. The third-order valence-electron chi connectivity index (χ3n) is 12.1. The van der Waals surface area contributed by atoms with Crippen LogP contribution in [-0.2, 0) is 5.41 Å². The van der Waals surface area contributed by atoms with E-state index in [9.17, 15) is 0 Å². The van der Waals surface area contributed by atoms with Gasteiger partial charge in [-0.25, -0.2) is 0 Å². The second kappa shape index (κ2) is 11.0. The van der Waals surface area contributed by atoms with Gasteiger partial charge in [-0.1, -0.05) is 176 Å². The van der Waals surface area contributed by atoms with Gasteiger partial charge in [-0.2, -0.15) is 0 Å². The predicted octanol–water partition coefficient (Wildman–Crippen LogP) is 14.2. The van der Waals surface area contributed by atoms with Crippen molar-refractivity contribution in [3.05, 3.63) is 216 Å². The molecule has 0 fully saturated rings. The van der Waals surface area contributed by atoms with Gasteiger partial charge in [0.05, 0.1) is 5.41 Å². The molecule has 0 amide bonds. The van der Waals surface area contributed by atoms with E-state index >= 15 is 0 Å². The zero-order valence-corrected chi connectivity index (χ0v) is 29.4. The maximum absolute atomic E-state index is 7.12. The van der Waals surface area contributed by atoms with Crippen LogP contribution in [0.2, 0.25) is 0 Å². The highest BCUT2D eigenvalue weighted by Crippen LogP contribution is 2.60. The molecular weight excluding hydrogens is 653 g/mol. The molecule has 1 aromatic heterocycles. The molecule has 12 rings (SSSR count). The fourth-order valence-corrected chi connectivity index (χ4v) is 9.92. The largest absolute Gasteiger partial charge is 0.455 e. The van der Waals surface area contributed by atoms with Crippen molar-refractivity contribution in [2.75, 3.05) is 0 Å². The van der Waals surface area contributed by atoms with Gasteiger partial charge in [0.15, 0.2) is 0 Å². The minimum atomic E-state index is -0.567. The van der Waals surface area contributed by atoms with Gasteiger partial charge in [0, 0.05) is 16.3 Å². The van der Waals surface area contributed by atoms with Crippen LogP contribution in [0.15, 0.2) is 199 Å². The molecule has 0 bridgehead atoms. The monoisotopic (exact) mass is 684 g/mol. The van der Waals surface area contributed by atoms with Crippen LogP contribution >= 0.6 is 0 Å². The molecule has 1 heteroatoms. The molecule has 1 aliphatic carbocycles. The fraction of sp³-hybridized carbons (Fsp3) is 0.0189. The van der Waals surface area contributed by atoms with Crippen molar-refractivity contribution < 1.29 is 4.42 Å². The van der Waals surface area contributed by atoms with E-state index in [1.54, 1.807) is 0 Å². The zero-order valence-electron chi connectivity index (χ0n) is 29.4. The topological polar surface area (TPSA) is 13.1 Å². The lowest BCUT2D eigenvalue weighted by Gasteiger charge is -2.34. The van der Waals surface area contributed by atoms with E-state index in [0.717, 1.165) is 21.9 Å². The lowest BCUT2D eigenvalue weighted by molar-refractivity contribution is 0.669. The summed E-state index contributed by atoms with van der Waals surface area (Å²) in [5.41, 5.74) is 13.5. The molecule has 1 nitrogen and oxygen atoms in total. The summed E-state index contributed by atoms with van der Waals surface area (Å²) in [6.45, 7) is 0. The van der Waals surface area contributed by atoms with Crippen LogP contribution in [0.25, 0.3) is 87.6 Å². The highest BCUT2D eigenvalue weighted by molar-refractivity contribution is 6.30. The van der Waals surface area contributed by atoms with E-state index in [2.05, 4.69) is 194 Å². The van der Waals surface area contributed by atoms with Crippen molar-refractivity contribution in [3.8, 4) is 33.4 Å². The van der Waals surface area contributed by atoms with Gasteiger partial charge in [0.1, 0.15) is 11.2 Å². The van der Waals surface area contributed by atoms with Crippen LogP contribution in [0.5, 0.6) is 0 Å². The standard InChI is InChI=1S/C53H32O/c1-4-15-33(16-5-1)42-31-43(39-30-28-35-18-14-17-34-27-29-38(42)49(39)48(34)35)44-32-46-51(52-50(44)41-24-11-13-26-47(41)54-52)40-23-10-12-25-45(40)53(46,36-19-6-2-7-20-36)37-21-8-3-9-22-37/h1-32H. The minimum absolute atomic E-state index is 0.567. The van der Waals surface area contributed by atoms with Crippen molar-refractivity contribution in [2.24, 2.45) is 0 Å². The van der Waals surface area contributed by atoms with E-state index in [1.165, 1.54) is 88.0 Å². The normalized spacial score (nSPS) is 13.3. The Kier molecular flexibility index (Phi) is 6.04. The Morgan fingerprint density at radius 3 is 1.69 bits per heavy atom. The van der Waals surface area contributed by atoms with Crippen LogP contribution in [0, 0.1) is 0 Å². The average molecular weight is 685 g/mol. The smallest absolute Gasteiger partial charge is 0.144 e. The van der Waals surface area contributed by atoms with Gasteiger partial charge in [-0.15, -0.1) is 0 Å². The number of rotatable bonds is 4. The minimum Gasteiger partial charge on any atom is -0.455 e. The summed E-state index contributed by atoms with van der Waals surface area (Å²) >= 11 is 0. The van der Waals surface area contributed by atoms with Gasteiger partial charge in [-0.05, 0) is 101 Å². The quantitative estimate of drug-likeness (QED) is 0.168. The maximum Gasteiger partial charge on any atom is 0.144 e. The Bertz CT molecular complexity index is 3190. The van der Waals surface area contributed by atoms with Crippen LogP contribution in [0.1, 0.15) is 22.3 Å². The van der Waals surface area contributed by atoms with E-state index in [0.29, 0.717) is 0 Å². The van der Waals surface area contributed by atoms with Gasteiger partial charge < -0.3 is 4.42 Å². The highest BCUT2D eigenvalue weighted by Gasteiger charge is 2.48. The number of hydrogen-bond donors (Lipinski definition) is 0. The number of hydrogen-bond acceptors (Lipinski definition) is 1. The van der Waals surface area contributed by atoms with Crippen molar-refractivity contribution >= 4 is 54.3 Å². The number of para-hydroxylation sites is 1. The number of furan rings is 1. The van der Waals surface area contributed by atoms with Gasteiger partial charge in [0.2, 0.25) is 0 Å². The molecule has 0 N–H and O–H groups in total. The predicted molar refractivity (Wildman–Crippen MR) is 226 cm³/mol. The Balaban J connectivity index is 1.32. The van der Waals surface area contributed by atoms with Crippen molar-refractivity contribution in [1.29, 1.82) is 0 Å². The van der Waals surface area contributed by atoms with Gasteiger partial charge in [0.25, 0.3) is 0 Å². The van der Waals surface area contributed by atoms with Crippen LogP contribution in [0.3, 0.4) is 0 Å². The third kappa shape index (κ3) is 3.83. The van der Waals surface area contributed by atoms with Crippen molar-refractivity contribution in [2.45, 2.75) is 5.41 Å². The summed E-state index contributed by atoms with van der Waals surface area (Å²) in [5, 5.41) is 9.96. The first-order valence-electron chi connectivity index (χ1n) is 18.8. The first-order valence-corrected chi connectivity index (χ1v) is 18.8. The van der Waals surface area contributed by atoms with Crippen LogP contribution in [-0.4, -0.2) is 0 Å². The molecular formula is C53H32O.